The van der Waals surface area contributed by atoms with Crippen LogP contribution in [0.5, 0.6) is 0 Å². The Kier molecular flexibility index (Phi) is 4.64. The van der Waals surface area contributed by atoms with E-state index in [9.17, 15) is 0 Å². The first kappa shape index (κ1) is 20.9. The van der Waals surface area contributed by atoms with Gasteiger partial charge >= 0.3 is 0 Å². The minimum absolute atomic E-state index is 0.391. The Morgan fingerprint density at radius 2 is 1.79 bits per heavy atom. The highest BCUT2D eigenvalue weighted by atomic mass is 15.4. The van der Waals surface area contributed by atoms with Crippen LogP contribution < -0.4 is 0 Å². The molecule has 0 saturated heterocycles. The fourth-order valence-electron chi connectivity index (χ4n) is 9.25. The predicted molar refractivity (Wildman–Crippen MR) is 137 cm³/mol. The van der Waals surface area contributed by atoms with Gasteiger partial charge in [0.05, 0.1) is 12.2 Å². The molecule has 0 N–H and O–H groups in total. The normalized spacial score (nSPS) is 39.2. The number of hydrogen-bond acceptors (Lipinski definition) is 2. The van der Waals surface area contributed by atoms with Gasteiger partial charge in [0.2, 0.25) is 0 Å². The topological polar surface area (TPSA) is 30.7 Å². The second kappa shape index (κ2) is 7.54. The molecule has 0 aliphatic heterocycles. The fraction of sp³-hybridized carbons (Fsp3) is 0.548. The van der Waals surface area contributed by atoms with Gasteiger partial charge in [-0.25, -0.2) is 4.68 Å². The maximum absolute atomic E-state index is 4.33. The molecule has 2 aromatic carbocycles. The summed E-state index contributed by atoms with van der Waals surface area (Å²) in [6, 6.07) is 16.7. The Bertz CT molecular complexity index is 1240. The molecule has 3 heteroatoms. The SMILES string of the molecule is C[C@]12CC[C@H]3[C@@H](CC=C4C[C@H](n5ccnn5)CC[C@@]43C)[C@@H]1CC[C@@H]2c1ccc2ccccc2c1. The summed E-state index contributed by atoms with van der Waals surface area (Å²) < 4.78 is 2.11. The van der Waals surface area contributed by atoms with Crippen molar-refractivity contribution in [2.75, 3.05) is 0 Å². The standard InChI is InChI=1S/C31H37N3/c1-30-15-13-25(34-18-17-32-33-34)20-24(30)9-10-26-28-12-11-27(31(28,2)16-14-29(26)30)23-8-7-21-5-3-4-6-22(21)19-23/h3-9,17-19,25-29H,10-16,20H2,1-2H3/t25-,26+,27-,28+,29+,30+,31-/m1/s1. The molecule has 176 valence electrons. The first-order valence-electron chi connectivity index (χ1n) is 13.6. The molecule has 7 atom stereocenters. The van der Waals surface area contributed by atoms with E-state index in [1.165, 1.54) is 62.1 Å². The predicted octanol–water partition coefficient (Wildman–Crippen LogP) is 7.72. The van der Waals surface area contributed by atoms with E-state index < -0.39 is 0 Å². The average Bonchev–Trinajstić information content (AvgIpc) is 3.51. The second-order valence-electron chi connectivity index (χ2n) is 12.3. The molecule has 1 heterocycles. The Labute approximate surface area is 203 Å². The molecule has 0 amide bonds. The molecule has 4 aliphatic rings. The number of fused-ring (bicyclic) bond motifs is 6. The molecule has 0 radical (unpaired) electrons. The van der Waals surface area contributed by atoms with Crippen molar-refractivity contribution in [3.05, 3.63) is 72.1 Å². The summed E-state index contributed by atoms with van der Waals surface area (Å²) in [7, 11) is 0. The smallest absolute Gasteiger partial charge is 0.0693 e. The third kappa shape index (κ3) is 2.94. The summed E-state index contributed by atoms with van der Waals surface area (Å²) in [6.45, 7) is 5.27. The lowest BCUT2D eigenvalue weighted by atomic mass is 9.47. The van der Waals surface area contributed by atoms with E-state index >= 15 is 0 Å². The third-order valence-electron chi connectivity index (χ3n) is 11.1. The van der Waals surface area contributed by atoms with Crippen LogP contribution in [0.3, 0.4) is 0 Å². The van der Waals surface area contributed by atoms with Gasteiger partial charge in [-0.2, -0.15) is 0 Å². The Balaban J connectivity index is 1.18. The quantitative estimate of drug-likeness (QED) is 0.373. The van der Waals surface area contributed by atoms with E-state index in [0.717, 1.165) is 17.8 Å². The van der Waals surface area contributed by atoms with Crippen LogP contribution in [-0.4, -0.2) is 15.0 Å². The summed E-state index contributed by atoms with van der Waals surface area (Å²) in [5.41, 5.74) is 4.16. The molecule has 0 spiro atoms. The highest BCUT2D eigenvalue weighted by Gasteiger charge is 2.58. The van der Waals surface area contributed by atoms with Gasteiger partial charge in [-0.15, -0.1) is 5.10 Å². The van der Waals surface area contributed by atoms with Crippen LogP contribution in [0.1, 0.15) is 82.7 Å². The molecule has 7 rings (SSSR count). The molecule has 1 aromatic heterocycles. The van der Waals surface area contributed by atoms with Crippen LogP contribution in [-0.2, 0) is 0 Å². The number of allylic oxidation sites excluding steroid dienone is 2. The largest absolute Gasteiger partial charge is 0.249 e. The van der Waals surface area contributed by atoms with Crippen LogP contribution in [0.4, 0.5) is 0 Å². The molecular weight excluding hydrogens is 414 g/mol. The van der Waals surface area contributed by atoms with Crippen molar-refractivity contribution >= 4 is 10.8 Å². The van der Waals surface area contributed by atoms with E-state index in [2.05, 4.69) is 83.6 Å². The Morgan fingerprint density at radius 3 is 2.65 bits per heavy atom. The van der Waals surface area contributed by atoms with Crippen molar-refractivity contribution in [3.8, 4) is 0 Å². The van der Waals surface area contributed by atoms with Gasteiger partial charge in [0.1, 0.15) is 0 Å². The molecule has 0 bridgehead atoms. The van der Waals surface area contributed by atoms with Gasteiger partial charge in [-0.1, -0.05) is 73.2 Å². The summed E-state index contributed by atoms with van der Waals surface area (Å²) in [5, 5.41) is 11.2. The monoisotopic (exact) mass is 451 g/mol. The summed E-state index contributed by atoms with van der Waals surface area (Å²) in [5.74, 6) is 3.30. The zero-order chi connectivity index (χ0) is 22.9. The number of rotatable bonds is 2. The number of hydrogen-bond donors (Lipinski definition) is 0. The van der Waals surface area contributed by atoms with Crippen LogP contribution in [0.25, 0.3) is 10.8 Å². The van der Waals surface area contributed by atoms with Gasteiger partial charge in [-0.05, 0) is 102 Å². The van der Waals surface area contributed by atoms with Crippen LogP contribution in [0.15, 0.2) is 66.5 Å². The maximum atomic E-state index is 4.33. The van der Waals surface area contributed by atoms with Crippen LogP contribution >= 0.6 is 0 Å². The average molecular weight is 452 g/mol. The van der Waals surface area contributed by atoms with Gasteiger partial charge in [-0.3, -0.25) is 0 Å². The summed E-state index contributed by atoms with van der Waals surface area (Å²) in [4.78, 5) is 0. The maximum Gasteiger partial charge on any atom is 0.0693 e. The summed E-state index contributed by atoms with van der Waals surface area (Å²) >= 11 is 0. The van der Waals surface area contributed by atoms with Gasteiger partial charge in [0.15, 0.2) is 0 Å². The Hall–Kier alpha value is -2.42. The zero-order valence-corrected chi connectivity index (χ0v) is 20.7. The minimum atomic E-state index is 0.391. The molecule has 3 nitrogen and oxygen atoms in total. The van der Waals surface area contributed by atoms with Crippen molar-refractivity contribution in [1.29, 1.82) is 0 Å². The highest BCUT2D eigenvalue weighted by molar-refractivity contribution is 5.83. The van der Waals surface area contributed by atoms with Crippen molar-refractivity contribution in [2.45, 2.75) is 77.2 Å². The lowest BCUT2D eigenvalue weighted by Crippen LogP contribution is -2.49. The first-order chi connectivity index (χ1) is 16.6. The number of benzene rings is 2. The van der Waals surface area contributed by atoms with E-state index in [-0.39, 0.29) is 0 Å². The lowest BCUT2D eigenvalue weighted by Gasteiger charge is -2.58. The van der Waals surface area contributed by atoms with Crippen molar-refractivity contribution in [3.63, 3.8) is 0 Å². The molecular formula is C31H37N3. The molecule has 3 fully saturated rings. The highest BCUT2D eigenvalue weighted by Crippen LogP contribution is 2.68. The second-order valence-corrected chi connectivity index (χ2v) is 12.3. The molecule has 0 unspecified atom stereocenters. The molecule has 3 aromatic rings. The van der Waals surface area contributed by atoms with Gasteiger partial charge < -0.3 is 0 Å². The van der Waals surface area contributed by atoms with Crippen LogP contribution in [0, 0.1) is 28.6 Å². The van der Waals surface area contributed by atoms with Crippen molar-refractivity contribution < 1.29 is 0 Å². The third-order valence-corrected chi connectivity index (χ3v) is 11.1. The summed E-state index contributed by atoms with van der Waals surface area (Å²) in [6.07, 6.45) is 17.2. The van der Waals surface area contributed by atoms with Gasteiger partial charge in [0.25, 0.3) is 0 Å². The van der Waals surface area contributed by atoms with Crippen LogP contribution in [0.2, 0.25) is 0 Å². The molecule has 4 aliphatic carbocycles. The van der Waals surface area contributed by atoms with Crippen molar-refractivity contribution in [2.24, 2.45) is 28.6 Å². The number of aromatic nitrogens is 3. The fourth-order valence-corrected chi connectivity index (χ4v) is 9.25. The Morgan fingerprint density at radius 1 is 0.912 bits per heavy atom. The van der Waals surface area contributed by atoms with Crippen molar-refractivity contribution in [1.82, 2.24) is 15.0 Å². The van der Waals surface area contributed by atoms with Gasteiger partial charge in [0, 0.05) is 6.20 Å². The first-order valence-corrected chi connectivity index (χ1v) is 13.6. The van der Waals surface area contributed by atoms with E-state index in [4.69, 9.17) is 0 Å². The molecule has 3 saturated carbocycles. The van der Waals surface area contributed by atoms with E-state index in [1.807, 2.05) is 6.20 Å². The number of nitrogens with zero attached hydrogens (tertiary/aromatic N) is 3. The minimum Gasteiger partial charge on any atom is -0.249 e. The van der Waals surface area contributed by atoms with E-state index in [0.29, 0.717) is 22.8 Å². The van der Waals surface area contributed by atoms with E-state index in [1.54, 1.807) is 11.1 Å². The zero-order valence-electron chi connectivity index (χ0n) is 20.7. The molecule has 34 heavy (non-hydrogen) atoms. The lowest BCUT2D eigenvalue weighted by molar-refractivity contribution is -0.0342.